The van der Waals surface area contributed by atoms with E-state index in [1.54, 1.807) is 6.20 Å². The van der Waals surface area contributed by atoms with Crippen LogP contribution in [0.4, 0.5) is 14.6 Å². The molecule has 0 spiro atoms. The number of hydrogen-bond donors (Lipinski definition) is 1. The van der Waals surface area contributed by atoms with E-state index in [0.29, 0.717) is 36.8 Å². The Balaban J connectivity index is 1.93. The van der Waals surface area contributed by atoms with Crippen LogP contribution in [0.5, 0.6) is 5.88 Å². The van der Waals surface area contributed by atoms with Crippen molar-refractivity contribution >= 4 is 5.82 Å². The average molecular weight is 321 g/mol. The van der Waals surface area contributed by atoms with Crippen molar-refractivity contribution < 1.29 is 18.6 Å². The first kappa shape index (κ1) is 15.6. The van der Waals surface area contributed by atoms with Gasteiger partial charge in [0.25, 0.3) is 0 Å². The zero-order valence-corrected chi connectivity index (χ0v) is 12.6. The molecule has 1 N–H and O–H groups in total. The Kier molecular flexibility index (Phi) is 4.38. The standard InChI is InChI=1S/C16H17F2N3O2/c1-2-23-16-8-19-7-15(20-16)21-9-11(22)6-14(21)10-3-4-12(17)13(18)5-10/h3-5,7-8,11,14,22H,2,6,9H2,1H3/t11-,14+/m0/s1. The summed E-state index contributed by atoms with van der Waals surface area (Å²) in [6.45, 7) is 2.65. The average Bonchev–Trinajstić information content (AvgIpc) is 2.93. The Morgan fingerprint density at radius 3 is 2.87 bits per heavy atom. The summed E-state index contributed by atoms with van der Waals surface area (Å²) in [5.74, 6) is -0.882. The molecule has 0 aliphatic carbocycles. The molecule has 1 fully saturated rings. The summed E-state index contributed by atoms with van der Waals surface area (Å²) in [6, 6.07) is 3.47. The third-order valence-electron chi connectivity index (χ3n) is 3.79. The van der Waals surface area contributed by atoms with Gasteiger partial charge in [0.1, 0.15) is 0 Å². The predicted molar refractivity (Wildman–Crippen MR) is 80.3 cm³/mol. The highest BCUT2D eigenvalue weighted by molar-refractivity contribution is 5.44. The topological polar surface area (TPSA) is 58.5 Å². The lowest BCUT2D eigenvalue weighted by atomic mass is 10.0. The molecule has 23 heavy (non-hydrogen) atoms. The second kappa shape index (κ2) is 6.45. The van der Waals surface area contributed by atoms with Crippen LogP contribution in [0.15, 0.2) is 30.6 Å². The number of nitrogens with zero attached hydrogens (tertiary/aromatic N) is 3. The van der Waals surface area contributed by atoms with Crippen molar-refractivity contribution in [3.05, 3.63) is 47.8 Å². The van der Waals surface area contributed by atoms with Crippen LogP contribution >= 0.6 is 0 Å². The molecule has 1 aromatic heterocycles. The van der Waals surface area contributed by atoms with E-state index < -0.39 is 17.7 Å². The van der Waals surface area contributed by atoms with E-state index in [-0.39, 0.29) is 6.04 Å². The van der Waals surface area contributed by atoms with Crippen LogP contribution in [0, 0.1) is 11.6 Å². The Labute approximate surface area is 132 Å². The molecular weight excluding hydrogens is 304 g/mol. The van der Waals surface area contributed by atoms with Crippen molar-refractivity contribution in [2.45, 2.75) is 25.5 Å². The molecule has 2 heterocycles. The van der Waals surface area contributed by atoms with Gasteiger partial charge in [0.2, 0.25) is 5.88 Å². The number of ether oxygens (including phenoxy) is 1. The molecule has 0 unspecified atom stereocenters. The Morgan fingerprint density at radius 1 is 1.30 bits per heavy atom. The van der Waals surface area contributed by atoms with Gasteiger partial charge in [-0.3, -0.25) is 4.98 Å². The van der Waals surface area contributed by atoms with Crippen LogP contribution < -0.4 is 9.64 Å². The fourth-order valence-corrected chi connectivity index (χ4v) is 2.80. The number of aliphatic hydroxyl groups is 1. The fraction of sp³-hybridized carbons (Fsp3) is 0.375. The Bertz CT molecular complexity index is 699. The number of β-amino-alcohol motifs (C(OH)–C–C–N with tert-alkyl or cyclic N) is 1. The summed E-state index contributed by atoms with van der Waals surface area (Å²) < 4.78 is 32.0. The first-order valence-corrected chi connectivity index (χ1v) is 7.43. The number of hydrogen-bond acceptors (Lipinski definition) is 5. The van der Waals surface area contributed by atoms with E-state index in [1.807, 2.05) is 11.8 Å². The summed E-state index contributed by atoms with van der Waals surface area (Å²) in [5, 5.41) is 10.0. The summed E-state index contributed by atoms with van der Waals surface area (Å²) >= 11 is 0. The summed E-state index contributed by atoms with van der Waals surface area (Å²) in [5.41, 5.74) is 0.587. The van der Waals surface area contributed by atoms with Gasteiger partial charge >= 0.3 is 0 Å². The number of aromatic nitrogens is 2. The van der Waals surface area contributed by atoms with Crippen LogP contribution in [-0.2, 0) is 0 Å². The number of aliphatic hydroxyl groups excluding tert-OH is 1. The molecule has 0 radical (unpaired) electrons. The van der Waals surface area contributed by atoms with Crippen molar-refractivity contribution in [1.82, 2.24) is 9.97 Å². The molecule has 7 heteroatoms. The van der Waals surface area contributed by atoms with Crippen LogP contribution in [-0.4, -0.2) is 34.3 Å². The number of halogens is 2. The maximum atomic E-state index is 13.5. The van der Waals surface area contributed by atoms with E-state index in [2.05, 4.69) is 9.97 Å². The zero-order valence-electron chi connectivity index (χ0n) is 12.6. The van der Waals surface area contributed by atoms with Crippen LogP contribution in [0.3, 0.4) is 0 Å². The summed E-state index contributed by atoms with van der Waals surface area (Å²) in [7, 11) is 0. The largest absolute Gasteiger partial charge is 0.477 e. The van der Waals surface area contributed by atoms with Crippen LogP contribution in [0.2, 0.25) is 0 Å². The minimum Gasteiger partial charge on any atom is -0.477 e. The monoisotopic (exact) mass is 321 g/mol. The van der Waals surface area contributed by atoms with Gasteiger partial charge < -0.3 is 14.7 Å². The van der Waals surface area contributed by atoms with Crippen molar-refractivity contribution in [2.24, 2.45) is 0 Å². The van der Waals surface area contributed by atoms with Gasteiger partial charge in [0.05, 0.1) is 31.1 Å². The Hall–Kier alpha value is -2.28. The van der Waals surface area contributed by atoms with E-state index in [9.17, 15) is 13.9 Å². The lowest BCUT2D eigenvalue weighted by molar-refractivity contribution is 0.194. The molecule has 1 aliphatic heterocycles. The number of anilines is 1. The number of rotatable bonds is 4. The molecule has 3 rings (SSSR count). The molecule has 1 aromatic carbocycles. The van der Waals surface area contributed by atoms with Gasteiger partial charge in [-0.05, 0) is 31.0 Å². The summed E-state index contributed by atoms with van der Waals surface area (Å²) in [4.78, 5) is 10.3. The van der Waals surface area contributed by atoms with Crippen molar-refractivity contribution in [3.8, 4) is 5.88 Å². The first-order valence-electron chi connectivity index (χ1n) is 7.43. The molecule has 1 aliphatic rings. The third kappa shape index (κ3) is 3.24. The van der Waals surface area contributed by atoms with Gasteiger partial charge in [-0.2, -0.15) is 4.98 Å². The molecule has 0 saturated carbocycles. The van der Waals surface area contributed by atoms with Crippen LogP contribution in [0.1, 0.15) is 24.9 Å². The second-order valence-electron chi connectivity index (χ2n) is 5.38. The minimum atomic E-state index is -0.905. The highest BCUT2D eigenvalue weighted by Gasteiger charge is 2.33. The molecule has 0 bridgehead atoms. The first-order chi connectivity index (χ1) is 11.1. The van der Waals surface area contributed by atoms with Gasteiger partial charge in [-0.1, -0.05) is 6.07 Å². The molecular formula is C16H17F2N3O2. The molecule has 2 aromatic rings. The lowest BCUT2D eigenvalue weighted by Crippen LogP contribution is -2.25. The van der Waals surface area contributed by atoms with Crippen molar-refractivity contribution in [1.29, 1.82) is 0 Å². The predicted octanol–water partition coefficient (Wildman–Crippen LogP) is 2.47. The maximum absolute atomic E-state index is 13.5. The quantitative estimate of drug-likeness (QED) is 0.937. The van der Waals surface area contributed by atoms with Crippen molar-refractivity contribution in [2.75, 3.05) is 18.1 Å². The van der Waals surface area contributed by atoms with Crippen molar-refractivity contribution in [3.63, 3.8) is 0 Å². The molecule has 1 saturated heterocycles. The molecule has 0 amide bonds. The highest BCUT2D eigenvalue weighted by Crippen LogP contribution is 2.36. The van der Waals surface area contributed by atoms with E-state index >= 15 is 0 Å². The molecule has 2 atom stereocenters. The fourth-order valence-electron chi connectivity index (χ4n) is 2.80. The molecule has 5 nitrogen and oxygen atoms in total. The number of benzene rings is 1. The van der Waals surface area contributed by atoms with E-state index in [4.69, 9.17) is 4.74 Å². The van der Waals surface area contributed by atoms with Gasteiger partial charge in [-0.15, -0.1) is 0 Å². The maximum Gasteiger partial charge on any atom is 0.234 e. The van der Waals surface area contributed by atoms with E-state index in [1.165, 1.54) is 12.3 Å². The highest BCUT2D eigenvalue weighted by atomic mass is 19.2. The third-order valence-corrected chi connectivity index (χ3v) is 3.79. The lowest BCUT2D eigenvalue weighted by Gasteiger charge is -2.25. The van der Waals surface area contributed by atoms with Crippen LogP contribution in [0.25, 0.3) is 0 Å². The minimum absolute atomic E-state index is 0.300. The van der Waals surface area contributed by atoms with E-state index in [0.717, 1.165) is 12.1 Å². The molecule has 122 valence electrons. The Morgan fingerprint density at radius 2 is 2.13 bits per heavy atom. The van der Waals surface area contributed by atoms with Gasteiger partial charge in [0.15, 0.2) is 17.5 Å². The normalized spacial score (nSPS) is 20.8. The van der Waals surface area contributed by atoms with Gasteiger partial charge in [-0.25, -0.2) is 8.78 Å². The SMILES string of the molecule is CCOc1cncc(N2C[C@@H](O)C[C@@H]2c2ccc(F)c(F)c2)n1. The smallest absolute Gasteiger partial charge is 0.234 e. The van der Waals surface area contributed by atoms with Gasteiger partial charge in [0, 0.05) is 6.54 Å². The second-order valence-corrected chi connectivity index (χ2v) is 5.38. The zero-order chi connectivity index (χ0) is 16.4. The summed E-state index contributed by atoms with van der Waals surface area (Å²) in [6.07, 6.45) is 2.90.